The van der Waals surface area contributed by atoms with Crippen molar-refractivity contribution in [3.63, 3.8) is 0 Å². The molecule has 3 aromatic carbocycles. The zero-order chi connectivity index (χ0) is 25.5. The van der Waals surface area contributed by atoms with Gasteiger partial charge in [0, 0.05) is 25.2 Å². The van der Waals surface area contributed by atoms with E-state index in [-0.39, 0.29) is 23.8 Å². The zero-order valence-electron chi connectivity index (χ0n) is 20.7. The van der Waals surface area contributed by atoms with Crippen molar-refractivity contribution in [2.24, 2.45) is 0 Å². The molecule has 0 bridgehead atoms. The molecule has 3 aromatic rings. The molecular weight excluding hydrogens is 476 g/mol. The molecule has 0 radical (unpaired) electrons. The molecule has 1 heterocycles. The molecule has 0 spiro atoms. The van der Waals surface area contributed by atoms with E-state index < -0.39 is 16.1 Å². The van der Waals surface area contributed by atoms with Crippen molar-refractivity contribution >= 4 is 15.9 Å². The third-order valence-electron chi connectivity index (χ3n) is 6.37. The molecule has 1 saturated heterocycles. The lowest BCUT2D eigenvalue weighted by atomic mass is 10.0. The van der Waals surface area contributed by atoms with Crippen molar-refractivity contribution in [1.29, 1.82) is 0 Å². The first-order chi connectivity index (χ1) is 17.4. The van der Waals surface area contributed by atoms with Crippen LogP contribution in [0.15, 0.2) is 83.8 Å². The maximum atomic E-state index is 14.2. The van der Waals surface area contributed by atoms with Gasteiger partial charge >= 0.3 is 0 Å². The fourth-order valence-corrected chi connectivity index (χ4v) is 5.91. The average molecular weight is 509 g/mol. The van der Waals surface area contributed by atoms with Gasteiger partial charge in [-0.2, -0.15) is 4.31 Å². The number of carbonyl (C=O) groups is 1. The molecule has 1 atom stereocenters. The second kappa shape index (κ2) is 11.7. The highest BCUT2D eigenvalue weighted by Crippen LogP contribution is 2.28. The molecule has 0 aliphatic carbocycles. The SMILES string of the molecule is COc1ccccc1CN(C(Cc1ccccc1)C(=O)N1CCOCC1)S(=O)(=O)c1ccc(C)cc1. The van der Waals surface area contributed by atoms with Gasteiger partial charge in [-0.3, -0.25) is 4.79 Å². The van der Waals surface area contributed by atoms with Crippen molar-refractivity contribution in [2.45, 2.75) is 30.8 Å². The van der Waals surface area contributed by atoms with Crippen molar-refractivity contribution < 1.29 is 22.7 Å². The molecule has 0 aromatic heterocycles. The summed E-state index contributed by atoms with van der Waals surface area (Å²) in [6, 6.07) is 22.6. The monoisotopic (exact) mass is 508 g/mol. The average Bonchev–Trinajstić information content (AvgIpc) is 2.91. The summed E-state index contributed by atoms with van der Waals surface area (Å²) in [5, 5.41) is 0. The molecule has 1 fully saturated rings. The van der Waals surface area contributed by atoms with Gasteiger partial charge in [-0.1, -0.05) is 66.2 Å². The highest BCUT2D eigenvalue weighted by molar-refractivity contribution is 7.89. The molecule has 0 N–H and O–H groups in total. The minimum atomic E-state index is -4.04. The van der Waals surface area contributed by atoms with Crippen LogP contribution in [0.5, 0.6) is 5.75 Å². The fraction of sp³-hybridized carbons (Fsp3) is 0.321. The number of ether oxygens (including phenoxy) is 2. The van der Waals surface area contributed by atoms with Gasteiger partial charge < -0.3 is 14.4 Å². The maximum Gasteiger partial charge on any atom is 0.244 e. The van der Waals surface area contributed by atoms with Crippen LogP contribution in [-0.4, -0.2) is 63.0 Å². The Morgan fingerprint density at radius 3 is 2.28 bits per heavy atom. The molecule has 1 unspecified atom stereocenters. The summed E-state index contributed by atoms with van der Waals surface area (Å²) in [6.07, 6.45) is 0.247. The van der Waals surface area contributed by atoms with E-state index in [4.69, 9.17) is 9.47 Å². The second-order valence-electron chi connectivity index (χ2n) is 8.82. The summed E-state index contributed by atoms with van der Waals surface area (Å²) in [7, 11) is -2.49. The third-order valence-corrected chi connectivity index (χ3v) is 8.24. The van der Waals surface area contributed by atoms with E-state index in [1.165, 1.54) is 4.31 Å². The first kappa shape index (κ1) is 25.9. The van der Waals surface area contributed by atoms with Crippen molar-refractivity contribution in [3.8, 4) is 5.75 Å². The molecule has 0 saturated carbocycles. The van der Waals surface area contributed by atoms with Crippen LogP contribution >= 0.6 is 0 Å². The summed E-state index contributed by atoms with van der Waals surface area (Å²) in [4.78, 5) is 15.8. The number of sulfonamides is 1. The van der Waals surface area contributed by atoms with Gasteiger partial charge in [0.2, 0.25) is 15.9 Å². The Balaban J connectivity index is 1.82. The first-order valence-corrected chi connectivity index (χ1v) is 13.4. The topological polar surface area (TPSA) is 76.2 Å². The van der Waals surface area contributed by atoms with Gasteiger partial charge in [0.15, 0.2) is 0 Å². The number of carbonyl (C=O) groups excluding carboxylic acids is 1. The van der Waals surface area contributed by atoms with Crippen molar-refractivity contribution in [1.82, 2.24) is 9.21 Å². The molecule has 1 amide bonds. The lowest BCUT2D eigenvalue weighted by Crippen LogP contribution is -2.54. The summed E-state index contributed by atoms with van der Waals surface area (Å²) in [5.41, 5.74) is 2.52. The van der Waals surface area contributed by atoms with Crippen molar-refractivity contribution in [2.75, 3.05) is 33.4 Å². The summed E-state index contributed by atoms with van der Waals surface area (Å²) < 4.78 is 40.6. The number of methoxy groups -OCH3 is 1. The maximum absolute atomic E-state index is 14.2. The quantitative estimate of drug-likeness (QED) is 0.441. The van der Waals surface area contributed by atoms with Crippen LogP contribution in [-0.2, 0) is 32.5 Å². The number of para-hydroxylation sites is 1. The Kier molecular flexibility index (Phi) is 8.40. The Labute approximate surface area is 213 Å². The van der Waals surface area contributed by atoms with Crippen LogP contribution in [0.2, 0.25) is 0 Å². The highest BCUT2D eigenvalue weighted by Gasteiger charge is 2.39. The van der Waals surface area contributed by atoms with Gasteiger partial charge in [0.1, 0.15) is 11.8 Å². The minimum Gasteiger partial charge on any atom is -0.496 e. The number of hydrogen-bond acceptors (Lipinski definition) is 5. The minimum absolute atomic E-state index is 0.00615. The van der Waals surface area contributed by atoms with Gasteiger partial charge in [-0.05, 0) is 37.1 Å². The van der Waals surface area contributed by atoms with E-state index in [1.54, 1.807) is 42.3 Å². The summed E-state index contributed by atoms with van der Waals surface area (Å²) >= 11 is 0. The normalized spacial score (nSPS) is 15.0. The lowest BCUT2D eigenvalue weighted by molar-refractivity contribution is -0.139. The first-order valence-electron chi connectivity index (χ1n) is 12.0. The number of nitrogens with zero attached hydrogens (tertiary/aromatic N) is 2. The zero-order valence-corrected chi connectivity index (χ0v) is 21.5. The van der Waals surface area contributed by atoms with E-state index in [1.807, 2.05) is 55.5 Å². The third kappa shape index (κ3) is 5.95. The van der Waals surface area contributed by atoms with Crippen LogP contribution in [0.25, 0.3) is 0 Å². The van der Waals surface area contributed by atoms with E-state index in [0.717, 1.165) is 11.1 Å². The Bertz CT molecular complexity index is 1260. The van der Waals surface area contributed by atoms with E-state index >= 15 is 0 Å². The predicted molar refractivity (Wildman–Crippen MR) is 138 cm³/mol. The van der Waals surface area contributed by atoms with Gasteiger partial charge in [-0.15, -0.1) is 0 Å². The number of morpholine rings is 1. The molecule has 190 valence electrons. The van der Waals surface area contributed by atoms with E-state index in [9.17, 15) is 13.2 Å². The number of hydrogen-bond donors (Lipinski definition) is 0. The fourth-order valence-electron chi connectivity index (χ4n) is 4.35. The largest absolute Gasteiger partial charge is 0.496 e. The molecule has 7 nitrogen and oxygen atoms in total. The van der Waals surface area contributed by atoms with Gasteiger partial charge in [0.25, 0.3) is 0 Å². The summed E-state index contributed by atoms with van der Waals surface area (Å²) in [5.74, 6) is 0.339. The number of aryl methyl sites for hydroxylation is 1. The number of rotatable bonds is 9. The van der Waals surface area contributed by atoms with Crippen LogP contribution in [0.3, 0.4) is 0 Å². The van der Waals surface area contributed by atoms with Crippen LogP contribution in [0.4, 0.5) is 0 Å². The molecule has 1 aliphatic heterocycles. The van der Waals surface area contributed by atoms with Crippen molar-refractivity contribution in [3.05, 3.63) is 95.6 Å². The number of amides is 1. The Morgan fingerprint density at radius 1 is 0.972 bits per heavy atom. The molecule has 36 heavy (non-hydrogen) atoms. The standard InChI is InChI=1S/C28H32N2O5S/c1-22-12-14-25(15-13-22)36(32,33)30(21-24-10-6-7-11-27(24)34-2)26(20-23-8-4-3-5-9-23)28(31)29-16-18-35-19-17-29/h3-15,26H,16-21H2,1-2H3. The molecule has 8 heteroatoms. The van der Waals surface area contributed by atoms with Crippen LogP contribution < -0.4 is 4.74 Å². The Morgan fingerprint density at radius 2 is 1.61 bits per heavy atom. The lowest BCUT2D eigenvalue weighted by Gasteiger charge is -2.36. The van der Waals surface area contributed by atoms with Crippen LogP contribution in [0.1, 0.15) is 16.7 Å². The molecule has 4 rings (SSSR count). The second-order valence-corrected chi connectivity index (χ2v) is 10.7. The molecule has 1 aliphatic rings. The summed E-state index contributed by atoms with van der Waals surface area (Å²) in [6.45, 7) is 3.62. The van der Waals surface area contributed by atoms with E-state index in [2.05, 4.69) is 0 Å². The molecular formula is C28H32N2O5S. The number of benzene rings is 3. The smallest absolute Gasteiger partial charge is 0.244 e. The highest BCUT2D eigenvalue weighted by atomic mass is 32.2. The Hall–Kier alpha value is -3.20. The predicted octanol–water partition coefficient (Wildman–Crippen LogP) is 3.66. The van der Waals surface area contributed by atoms with E-state index in [0.29, 0.717) is 37.6 Å². The van der Waals surface area contributed by atoms with Gasteiger partial charge in [0.05, 0.1) is 25.2 Å². The van der Waals surface area contributed by atoms with Crippen LogP contribution in [0, 0.1) is 6.92 Å². The van der Waals surface area contributed by atoms with Gasteiger partial charge in [-0.25, -0.2) is 8.42 Å².